The summed E-state index contributed by atoms with van der Waals surface area (Å²) in [5.74, 6) is 0. The van der Waals surface area contributed by atoms with E-state index in [0.29, 0.717) is 4.84 Å². The molecule has 0 saturated carbocycles. The summed E-state index contributed by atoms with van der Waals surface area (Å²) in [5.41, 5.74) is 3.50. The van der Waals surface area contributed by atoms with Gasteiger partial charge in [0.15, 0.2) is 5.58 Å². The molecule has 0 bridgehead atoms. The van der Waals surface area contributed by atoms with E-state index < -0.39 is 0 Å². The summed E-state index contributed by atoms with van der Waals surface area (Å²) in [6.07, 6.45) is 2.31. The lowest BCUT2D eigenvalue weighted by Crippen LogP contribution is -2.06. The molecule has 3 heteroatoms. The van der Waals surface area contributed by atoms with Crippen molar-refractivity contribution in [3.05, 3.63) is 28.6 Å². The normalized spacial score (nSPS) is 15.1. The van der Waals surface area contributed by atoms with E-state index in [1.54, 1.807) is 0 Å². The summed E-state index contributed by atoms with van der Waals surface area (Å²) in [6, 6.07) is 6.17. The number of para-hydroxylation sites is 1. The molecule has 1 aliphatic rings. The second-order valence-electron chi connectivity index (χ2n) is 3.39. The second kappa shape index (κ2) is 2.45. The Morgan fingerprint density at radius 1 is 1.38 bits per heavy atom. The number of hydrogen-bond acceptors (Lipinski definition) is 2. The molecule has 0 amide bonds. The molecule has 0 aliphatic carbocycles. The number of hydrogen-bond donors (Lipinski definition) is 0. The highest BCUT2D eigenvalue weighted by molar-refractivity contribution is 7.71. The minimum Gasteiger partial charge on any atom is -0.429 e. The molecule has 1 aromatic heterocycles. The molecule has 0 atom stereocenters. The Morgan fingerprint density at radius 2 is 2.31 bits per heavy atom. The van der Waals surface area contributed by atoms with Gasteiger partial charge in [-0.05, 0) is 36.7 Å². The van der Waals surface area contributed by atoms with Crippen LogP contribution in [0.3, 0.4) is 0 Å². The molecule has 0 saturated heterocycles. The van der Waals surface area contributed by atoms with Gasteiger partial charge in [-0.2, -0.15) is 0 Å². The van der Waals surface area contributed by atoms with Crippen molar-refractivity contribution in [2.24, 2.45) is 0 Å². The fourth-order valence-electron chi connectivity index (χ4n) is 2.03. The van der Waals surface area contributed by atoms with E-state index in [0.717, 1.165) is 18.5 Å². The average molecular weight is 191 g/mol. The molecule has 1 aromatic carbocycles. The van der Waals surface area contributed by atoms with Crippen LogP contribution in [0.25, 0.3) is 11.1 Å². The van der Waals surface area contributed by atoms with Gasteiger partial charge >= 0.3 is 0 Å². The molecule has 0 spiro atoms. The Hall–Kier alpha value is -1.09. The quantitative estimate of drug-likeness (QED) is 0.596. The van der Waals surface area contributed by atoms with Gasteiger partial charge in [-0.3, -0.25) is 4.57 Å². The Labute approximate surface area is 80.8 Å². The highest BCUT2D eigenvalue weighted by Gasteiger charge is 2.14. The first-order valence-corrected chi connectivity index (χ1v) is 4.88. The number of oxazole rings is 1. The first-order valence-electron chi connectivity index (χ1n) is 4.47. The number of nitrogens with zero attached hydrogens (tertiary/aromatic N) is 1. The SMILES string of the molecule is S=c1oc2cccc3c2n1CCC3. The Bertz CT molecular complexity index is 523. The van der Waals surface area contributed by atoms with Gasteiger partial charge in [-0.15, -0.1) is 0 Å². The topological polar surface area (TPSA) is 18.1 Å². The zero-order chi connectivity index (χ0) is 8.84. The van der Waals surface area contributed by atoms with Crippen LogP contribution in [0.15, 0.2) is 22.6 Å². The van der Waals surface area contributed by atoms with E-state index in [1.165, 1.54) is 17.5 Å². The predicted octanol–water partition coefficient (Wildman–Crippen LogP) is 2.91. The molecule has 13 heavy (non-hydrogen) atoms. The first kappa shape index (κ1) is 7.33. The van der Waals surface area contributed by atoms with Crippen molar-refractivity contribution >= 4 is 23.3 Å². The molecule has 3 rings (SSSR count). The van der Waals surface area contributed by atoms with E-state index in [4.69, 9.17) is 16.6 Å². The van der Waals surface area contributed by atoms with Crippen molar-refractivity contribution in [2.75, 3.05) is 0 Å². The van der Waals surface area contributed by atoms with Crippen molar-refractivity contribution in [3.8, 4) is 0 Å². The zero-order valence-electron chi connectivity index (χ0n) is 7.12. The fourth-order valence-corrected chi connectivity index (χ4v) is 2.30. The minimum absolute atomic E-state index is 0.613. The smallest absolute Gasteiger partial charge is 0.269 e. The number of benzene rings is 1. The van der Waals surface area contributed by atoms with Gasteiger partial charge in [-0.1, -0.05) is 12.1 Å². The summed E-state index contributed by atoms with van der Waals surface area (Å²) in [5, 5.41) is 0. The molecule has 2 nitrogen and oxygen atoms in total. The third kappa shape index (κ3) is 0.907. The standard InChI is InChI=1S/C10H9NOS/c13-10-11-6-2-4-7-3-1-5-8(12-10)9(7)11/h1,3,5H,2,4,6H2. The van der Waals surface area contributed by atoms with Crippen LogP contribution in [0.5, 0.6) is 0 Å². The second-order valence-corrected chi connectivity index (χ2v) is 3.74. The van der Waals surface area contributed by atoms with Crippen LogP contribution in [-0.4, -0.2) is 4.57 Å². The Kier molecular flexibility index (Phi) is 1.38. The lowest BCUT2D eigenvalue weighted by Gasteiger charge is -2.12. The highest BCUT2D eigenvalue weighted by atomic mass is 32.1. The predicted molar refractivity (Wildman–Crippen MR) is 53.4 cm³/mol. The van der Waals surface area contributed by atoms with Crippen LogP contribution in [0.4, 0.5) is 0 Å². The lowest BCUT2D eigenvalue weighted by atomic mass is 10.1. The fraction of sp³-hybridized carbons (Fsp3) is 0.300. The van der Waals surface area contributed by atoms with Crippen LogP contribution in [-0.2, 0) is 13.0 Å². The Morgan fingerprint density at radius 3 is 3.23 bits per heavy atom. The summed E-state index contributed by atoms with van der Waals surface area (Å²) < 4.78 is 7.59. The van der Waals surface area contributed by atoms with E-state index in [-0.39, 0.29) is 0 Å². The zero-order valence-corrected chi connectivity index (χ0v) is 7.93. The van der Waals surface area contributed by atoms with Gasteiger partial charge in [0.05, 0.1) is 5.52 Å². The van der Waals surface area contributed by atoms with Crippen molar-refractivity contribution in [1.82, 2.24) is 4.57 Å². The van der Waals surface area contributed by atoms with E-state index in [1.807, 2.05) is 12.1 Å². The third-order valence-electron chi connectivity index (χ3n) is 2.60. The van der Waals surface area contributed by atoms with Gasteiger partial charge < -0.3 is 4.42 Å². The van der Waals surface area contributed by atoms with Crippen molar-refractivity contribution in [2.45, 2.75) is 19.4 Å². The monoisotopic (exact) mass is 191 g/mol. The van der Waals surface area contributed by atoms with E-state index >= 15 is 0 Å². The van der Waals surface area contributed by atoms with Crippen molar-refractivity contribution in [1.29, 1.82) is 0 Å². The molecule has 2 heterocycles. The van der Waals surface area contributed by atoms with Crippen LogP contribution in [0, 0.1) is 4.84 Å². The molecule has 0 N–H and O–H groups in total. The molecule has 0 radical (unpaired) electrons. The average Bonchev–Trinajstić information content (AvgIpc) is 2.47. The molecule has 0 unspecified atom stereocenters. The van der Waals surface area contributed by atoms with Crippen molar-refractivity contribution in [3.63, 3.8) is 0 Å². The minimum atomic E-state index is 0.613. The number of aryl methyl sites for hydroxylation is 2. The molecule has 66 valence electrons. The van der Waals surface area contributed by atoms with Gasteiger partial charge in [0.1, 0.15) is 0 Å². The molecule has 2 aromatic rings. The van der Waals surface area contributed by atoms with Gasteiger partial charge in [0.25, 0.3) is 4.84 Å². The van der Waals surface area contributed by atoms with E-state index in [9.17, 15) is 0 Å². The van der Waals surface area contributed by atoms with Crippen molar-refractivity contribution < 1.29 is 4.42 Å². The largest absolute Gasteiger partial charge is 0.429 e. The van der Waals surface area contributed by atoms with Gasteiger partial charge in [0, 0.05) is 6.54 Å². The van der Waals surface area contributed by atoms with Crippen LogP contribution in [0.2, 0.25) is 0 Å². The molecule has 0 fully saturated rings. The maximum atomic E-state index is 5.49. The maximum Gasteiger partial charge on any atom is 0.269 e. The Balaban J connectivity index is 2.58. The summed E-state index contributed by atoms with van der Waals surface area (Å²) in [6.45, 7) is 1.00. The molecular weight excluding hydrogens is 182 g/mol. The lowest BCUT2D eigenvalue weighted by molar-refractivity contribution is 0.522. The van der Waals surface area contributed by atoms with Gasteiger partial charge in [-0.25, -0.2) is 0 Å². The summed E-state index contributed by atoms with van der Waals surface area (Å²) >= 11 is 5.14. The summed E-state index contributed by atoms with van der Waals surface area (Å²) in [7, 11) is 0. The third-order valence-corrected chi connectivity index (χ3v) is 2.90. The van der Waals surface area contributed by atoms with Gasteiger partial charge in [0.2, 0.25) is 0 Å². The maximum absolute atomic E-state index is 5.49. The summed E-state index contributed by atoms with van der Waals surface area (Å²) in [4.78, 5) is 0.613. The molecular formula is C10H9NOS. The van der Waals surface area contributed by atoms with Crippen LogP contribution >= 0.6 is 12.2 Å². The van der Waals surface area contributed by atoms with Crippen LogP contribution < -0.4 is 0 Å². The molecule has 1 aliphatic heterocycles. The first-order chi connectivity index (χ1) is 6.36. The van der Waals surface area contributed by atoms with E-state index in [2.05, 4.69) is 10.6 Å². The highest BCUT2D eigenvalue weighted by Crippen LogP contribution is 2.26. The van der Waals surface area contributed by atoms with Crippen LogP contribution in [0.1, 0.15) is 12.0 Å². The number of rotatable bonds is 0. The number of aromatic nitrogens is 1.